The molecule has 2 aromatic rings. The van der Waals surface area contributed by atoms with Gasteiger partial charge in [-0.3, -0.25) is 0 Å². The van der Waals surface area contributed by atoms with Gasteiger partial charge in [0, 0.05) is 31.1 Å². The van der Waals surface area contributed by atoms with Crippen LogP contribution in [0.5, 0.6) is 0 Å². The van der Waals surface area contributed by atoms with Crippen molar-refractivity contribution in [2.75, 3.05) is 6.54 Å². The van der Waals surface area contributed by atoms with Crippen LogP contribution in [0, 0.1) is 17.6 Å². The fourth-order valence-corrected chi connectivity index (χ4v) is 3.40. The number of fused-ring (bicyclic) bond motifs is 1. The molecular formula is C18H25F2N3. The lowest BCUT2D eigenvalue weighted by atomic mass is 10.0. The third kappa shape index (κ3) is 3.71. The Morgan fingerprint density at radius 1 is 1.26 bits per heavy atom. The molecular weight excluding hydrogens is 296 g/mol. The van der Waals surface area contributed by atoms with E-state index in [2.05, 4.69) is 28.7 Å². The van der Waals surface area contributed by atoms with Gasteiger partial charge >= 0.3 is 0 Å². The lowest BCUT2D eigenvalue weighted by Gasteiger charge is -2.24. The van der Waals surface area contributed by atoms with Crippen LogP contribution >= 0.6 is 0 Å². The predicted molar refractivity (Wildman–Crippen MR) is 88.4 cm³/mol. The molecule has 1 aliphatic rings. The van der Waals surface area contributed by atoms with Crippen molar-refractivity contribution in [1.82, 2.24) is 14.9 Å². The Kier molecular flexibility index (Phi) is 4.95. The molecule has 126 valence electrons. The lowest BCUT2D eigenvalue weighted by molar-refractivity contribution is 0.365. The maximum Gasteiger partial charge on any atom is 0.161 e. The highest BCUT2D eigenvalue weighted by Gasteiger charge is 2.18. The molecule has 0 saturated carbocycles. The second-order valence-corrected chi connectivity index (χ2v) is 6.97. The first kappa shape index (κ1) is 16.4. The van der Waals surface area contributed by atoms with Gasteiger partial charge in [0.15, 0.2) is 11.6 Å². The van der Waals surface area contributed by atoms with Crippen LogP contribution in [0.2, 0.25) is 0 Å². The Balaban J connectivity index is 1.89. The molecule has 0 spiro atoms. The Hall–Kier alpha value is -1.49. The van der Waals surface area contributed by atoms with E-state index >= 15 is 0 Å². The molecule has 0 bridgehead atoms. The van der Waals surface area contributed by atoms with Crippen molar-refractivity contribution in [1.29, 1.82) is 0 Å². The zero-order valence-electron chi connectivity index (χ0n) is 13.9. The SMILES string of the molecule is CC(C)Cc1nc2cc(F)c(F)cc2n1CCC1CCCCN1. The van der Waals surface area contributed by atoms with Crippen molar-refractivity contribution in [3.63, 3.8) is 0 Å². The number of aromatic nitrogens is 2. The minimum absolute atomic E-state index is 0.452. The fraction of sp³-hybridized carbons (Fsp3) is 0.611. The van der Waals surface area contributed by atoms with Gasteiger partial charge in [-0.25, -0.2) is 13.8 Å². The van der Waals surface area contributed by atoms with Crippen molar-refractivity contribution in [2.45, 2.75) is 58.5 Å². The number of aryl methyl sites for hydroxylation is 1. The highest BCUT2D eigenvalue weighted by atomic mass is 19.2. The molecule has 23 heavy (non-hydrogen) atoms. The molecule has 0 radical (unpaired) electrons. The maximum atomic E-state index is 13.7. The quantitative estimate of drug-likeness (QED) is 0.900. The number of piperidine rings is 1. The smallest absolute Gasteiger partial charge is 0.161 e. The summed E-state index contributed by atoms with van der Waals surface area (Å²) in [7, 11) is 0. The number of benzene rings is 1. The minimum Gasteiger partial charge on any atom is -0.328 e. The Morgan fingerprint density at radius 2 is 2.04 bits per heavy atom. The average Bonchev–Trinajstić information content (AvgIpc) is 2.82. The number of nitrogens with zero attached hydrogens (tertiary/aromatic N) is 2. The largest absolute Gasteiger partial charge is 0.328 e. The molecule has 1 fully saturated rings. The van der Waals surface area contributed by atoms with Gasteiger partial charge in [0.2, 0.25) is 0 Å². The molecule has 1 saturated heterocycles. The van der Waals surface area contributed by atoms with Crippen LogP contribution < -0.4 is 5.32 Å². The zero-order chi connectivity index (χ0) is 16.4. The van der Waals surface area contributed by atoms with Crippen molar-refractivity contribution in [3.05, 3.63) is 29.6 Å². The van der Waals surface area contributed by atoms with E-state index in [1.165, 1.54) is 31.4 Å². The standard InChI is InChI=1S/C18H25F2N3/c1-12(2)9-18-22-16-10-14(19)15(20)11-17(16)23(18)8-6-13-5-3-4-7-21-13/h10-13,21H,3-9H2,1-2H3. The van der Waals surface area contributed by atoms with Gasteiger partial charge in [0.25, 0.3) is 0 Å². The van der Waals surface area contributed by atoms with E-state index in [0.717, 1.165) is 31.8 Å². The summed E-state index contributed by atoms with van der Waals surface area (Å²) in [5.74, 6) is -0.249. The molecule has 1 unspecified atom stereocenters. The fourth-order valence-electron chi connectivity index (χ4n) is 3.40. The van der Waals surface area contributed by atoms with E-state index < -0.39 is 11.6 Å². The second kappa shape index (κ2) is 6.95. The predicted octanol–water partition coefficient (Wildman–Crippen LogP) is 4.05. The molecule has 3 nitrogen and oxygen atoms in total. The summed E-state index contributed by atoms with van der Waals surface area (Å²) in [4.78, 5) is 4.55. The first-order chi connectivity index (χ1) is 11.0. The summed E-state index contributed by atoms with van der Waals surface area (Å²) in [5.41, 5.74) is 1.26. The van der Waals surface area contributed by atoms with Gasteiger partial charge in [-0.05, 0) is 31.7 Å². The number of imidazole rings is 1. The summed E-state index contributed by atoms with van der Waals surface area (Å²) in [6, 6.07) is 3.01. The van der Waals surface area contributed by atoms with Crippen molar-refractivity contribution in [3.8, 4) is 0 Å². The highest BCUT2D eigenvalue weighted by Crippen LogP contribution is 2.23. The van der Waals surface area contributed by atoms with Crippen LogP contribution in [0.15, 0.2) is 12.1 Å². The first-order valence-electron chi connectivity index (χ1n) is 8.62. The van der Waals surface area contributed by atoms with Crippen molar-refractivity contribution in [2.24, 2.45) is 5.92 Å². The van der Waals surface area contributed by atoms with Gasteiger partial charge in [-0.1, -0.05) is 20.3 Å². The third-order valence-electron chi connectivity index (χ3n) is 4.57. The highest BCUT2D eigenvalue weighted by molar-refractivity contribution is 5.76. The molecule has 2 heterocycles. The molecule has 1 aliphatic heterocycles. The Morgan fingerprint density at radius 3 is 2.74 bits per heavy atom. The minimum atomic E-state index is -0.827. The topological polar surface area (TPSA) is 29.9 Å². The van der Waals surface area contributed by atoms with Crippen LogP contribution in [0.25, 0.3) is 11.0 Å². The van der Waals surface area contributed by atoms with E-state index in [1.807, 2.05) is 0 Å². The van der Waals surface area contributed by atoms with Gasteiger partial charge in [-0.2, -0.15) is 0 Å². The Labute approximate surface area is 136 Å². The summed E-state index contributed by atoms with van der Waals surface area (Å²) in [6.45, 7) is 6.14. The van der Waals surface area contributed by atoms with Crippen LogP contribution in [-0.2, 0) is 13.0 Å². The van der Waals surface area contributed by atoms with Crippen LogP contribution in [0.4, 0.5) is 8.78 Å². The number of nitrogens with one attached hydrogen (secondary N) is 1. The second-order valence-electron chi connectivity index (χ2n) is 6.97. The molecule has 3 rings (SSSR count). The third-order valence-corrected chi connectivity index (χ3v) is 4.57. The van der Waals surface area contributed by atoms with Gasteiger partial charge in [0.1, 0.15) is 5.82 Å². The van der Waals surface area contributed by atoms with Crippen LogP contribution in [0.3, 0.4) is 0 Å². The summed E-state index contributed by atoms with van der Waals surface area (Å²) >= 11 is 0. The summed E-state index contributed by atoms with van der Waals surface area (Å²) < 4.78 is 29.2. The number of rotatable bonds is 5. The average molecular weight is 321 g/mol. The molecule has 0 aliphatic carbocycles. The number of hydrogen-bond donors (Lipinski definition) is 1. The van der Waals surface area contributed by atoms with Crippen LogP contribution in [0.1, 0.15) is 45.4 Å². The van der Waals surface area contributed by atoms with E-state index in [9.17, 15) is 8.78 Å². The lowest BCUT2D eigenvalue weighted by Crippen LogP contribution is -2.34. The van der Waals surface area contributed by atoms with E-state index in [4.69, 9.17) is 0 Å². The number of halogens is 2. The van der Waals surface area contributed by atoms with E-state index in [0.29, 0.717) is 23.0 Å². The summed E-state index contributed by atoms with van der Waals surface area (Å²) in [6.07, 6.45) is 5.51. The summed E-state index contributed by atoms with van der Waals surface area (Å²) in [5, 5.41) is 3.54. The van der Waals surface area contributed by atoms with Crippen molar-refractivity contribution >= 4 is 11.0 Å². The number of hydrogen-bond acceptors (Lipinski definition) is 2. The van der Waals surface area contributed by atoms with Gasteiger partial charge in [0.05, 0.1) is 11.0 Å². The van der Waals surface area contributed by atoms with E-state index in [-0.39, 0.29) is 0 Å². The molecule has 1 N–H and O–H groups in total. The van der Waals surface area contributed by atoms with E-state index in [1.54, 1.807) is 0 Å². The molecule has 0 amide bonds. The molecule has 1 aromatic heterocycles. The van der Waals surface area contributed by atoms with Gasteiger partial charge < -0.3 is 9.88 Å². The molecule has 1 aromatic carbocycles. The van der Waals surface area contributed by atoms with Gasteiger partial charge in [-0.15, -0.1) is 0 Å². The molecule has 1 atom stereocenters. The first-order valence-corrected chi connectivity index (χ1v) is 8.62. The van der Waals surface area contributed by atoms with Crippen LogP contribution in [-0.4, -0.2) is 22.1 Å². The Bertz CT molecular complexity index is 672. The monoisotopic (exact) mass is 321 g/mol. The zero-order valence-corrected chi connectivity index (χ0v) is 13.9. The molecule has 5 heteroatoms. The van der Waals surface area contributed by atoms with Crippen molar-refractivity contribution < 1.29 is 8.78 Å². The maximum absolute atomic E-state index is 13.7. The normalized spacial score (nSPS) is 18.9.